The molecule has 5 nitrogen and oxygen atoms in total. The third kappa shape index (κ3) is 5.73. The molecular formula is C16H24N2O3. The second-order valence-electron chi connectivity index (χ2n) is 5.31. The van der Waals surface area contributed by atoms with E-state index in [9.17, 15) is 4.79 Å². The highest BCUT2D eigenvalue weighted by molar-refractivity contribution is 5.90. The number of piperidine rings is 1. The van der Waals surface area contributed by atoms with Crippen molar-refractivity contribution in [3.8, 4) is 5.75 Å². The summed E-state index contributed by atoms with van der Waals surface area (Å²) in [6, 6.07) is 7.44. The average Bonchev–Trinajstić information content (AvgIpc) is 2.50. The van der Waals surface area contributed by atoms with E-state index >= 15 is 0 Å². The maximum absolute atomic E-state index is 12.0. The Balaban J connectivity index is 1.75. The lowest BCUT2D eigenvalue weighted by Crippen LogP contribution is -2.30. The summed E-state index contributed by atoms with van der Waals surface area (Å²) in [5.41, 5.74) is 0.813. The maximum Gasteiger partial charge on any atom is 0.224 e. The van der Waals surface area contributed by atoms with E-state index in [1.54, 1.807) is 7.11 Å². The minimum Gasteiger partial charge on any atom is -0.491 e. The van der Waals surface area contributed by atoms with E-state index in [-0.39, 0.29) is 5.91 Å². The molecule has 1 aliphatic heterocycles. The lowest BCUT2D eigenvalue weighted by Gasteiger charge is -2.21. The van der Waals surface area contributed by atoms with Gasteiger partial charge in [-0.2, -0.15) is 0 Å². The van der Waals surface area contributed by atoms with Crippen LogP contribution in [0.5, 0.6) is 5.75 Å². The Morgan fingerprint density at radius 3 is 2.62 bits per heavy atom. The van der Waals surface area contributed by atoms with Gasteiger partial charge >= 0.3 is 0 Å². The van der Waals surface area contributed by atoms with Gasteiger partial charge in [-0.15, -0.1) is 0 Å². The topological polar surface area (TPSA) is 59.6 Å². The third-order valence-electron chi connectivity index (χ3n) is 3.63. The number of amides is 1. The lowest BCUT2D eigenvalue weighted by atomic mass is 9.94. The van der Waals surface area contributed by atoms with Crippen molar-refractivity contribution in [3.05, 3.63) is 24.3 Å². The molecule has 0 saturated carbocycles. The van der Waals surface area contributed by atoms with Crippen molar-refractivity contribution in [1.29, 1.82) is 0 Å². The van der Waals surface area contributed by atoms with Gasteiger partial charge in [0.1, 0.15) is 12.4 Å². The zero-order chi connectivity index (χ0) is 14.9. The summed E-state index contributed by atoms with van der Waals surface area (Å²) in [4.78, 5) is 12.0. The van der Waals surface area contributed by atoms with Crippen LogP contribution in [0.2, 0.25) is 0 Å². The van der Waals surface area contributed by atoms with Crippen LogP contribution in [0.15, 0.2) is 24.3 Å². The summed E-state index contributed by atoms with van der Waals surface area (Å²) in [6.07, 6.45) is 2.77. The third-order valence-corrected chi connectivity index (χ3v) is 3.63. The average molecular weight is 292 g/mol. The van der Waals surface area contributed by atoms with Gasteiger partial charge in [-0.25, -0.2) is 0 Å². The summed E-state index contributed by atoms with van der Waals surface area (Å²) < 4.78 is 10.4. The molecule has 1 fully saturated rings. The molecule has 0 spiro atoms. The normalized spacial score (nSPS) is 15.7. The summed E-state index contributed by atoms with van der Waals surface area (Å²) in [6.45, 7) is 3.13. The highest BCUT2D eigenvalue weighted by atomic mass is 16.5. The molecule has 1 aromatic carbocycles. The van der Waals surface area contributed by atoms with Gasteiger partial charge in [0.25, 0.3) is 0 Å². The molecule has 1 aliphatic rings. The van der Waals surface area contributed by atoms with Gasteiger partial charge in [-0.3, -0.25) is 4.79 Å². The molecule has 1 aromatic rings. The van der Waals surface area contributed by atoms with E-state index in [1.165, 1.54) is 0 Å². The number of anilines is 1. The van der Waals surface area contributed by atoms with Gasteiger partial charge in [-0.1, -0.05) is 0 Å². The fourth-order valence-corrected chi connectivity index (χ4v) is 2.44. The first-order chi connectivity index (χ1) is 10.3. The monoisotopic (exact) mass is 292 g/mol. The molecule has 0 bridgehead atoms. The molecule has 0 unspecified atom stereocenters. The number of rotatable bonds is 7. The molecule has 0 aliphatic carbocycles. The van der Waals surface area contributed by atoms with Gasteiger partial charge in [0.05, 0.1) is 6.61 Å². The number of benzene rings is 1. The number of ether oxygens (including phenoxy) is 2. The minimum atomic E-state index is 0.0925. The molecule has 2 rings (SSSR count). The molecule has 0 radical (unpaired) electrons. The van der Waals surface area contributed by atoms with E-state index in [0.29, 0.717) is 25.6 Å². The van der Waals surface area contributed by atoms with E-state index in [1.807, 2.05) is 24.3 Å². The molecule has 1 amide bonds. The summed E-state index contributed by atoms with van der Waals surface area (Å²) in [5.74, 6) is 1.38. The first kappa shape index (κ1) is 15.8. The highest BCUT2D eigenvalue weighted by Crippen LogP contribution is 2.19. The van der Waals surface area contributed by atoms with Crippen molar-refractivity contribution in [1.82, 2.24) is 5.32 Å². The fourth-order valence-electron chi connectivity index (χ4n) is 2.44. The van der Waals surface area contributed by atoms with Crippen LogP contribution in [0.25, 0.3) is 0 Å². The lowest BCUT2D eigenvalue weighted by molar-refractivity contribution is -0.117. The molecule has 5 heteroatoms. The largest absolute Gasteiger partial charge is 0.491 e. The van der Waals surface area contributed by atoms with Crippen molar-refractivity contribution in [2.24, 2.45) is 5.92 Å². The van der Waals surface area contributed by atoms with E-state index < -0.39 is 0 Å². The summed E-state index contributed by atoms with van der Waals surface area (Å²) >= 11 is 0. The number of methoxy groups -OCH3 is 1. The van der Waals surface area contributed by atoms with Crippen molar-refractivity contribution < 1.29 is 14.3 Å². The van der Waals surface area contributed by atoms with Crippen LogP contribution in [0.3, 0.4) is 0 Å². The molecule has 1 heterocycles. The van der Waals surface area contributed by atoms with Crippen LogP contribution in [0, 0.1) is 5.92 Å². The second-order valence-corrected chi connectivity index (χ2v) is 5.31. The van der Waals surface area contributed by atoms with Gasteiger partial charge in [-0.05, 0) is 56.1 Å². The molecular weight excluding hydrogens is 268 g/mol. The van der Waals surface area contributed by atoms with Gasteiger partial charge < -0.3 is 20.1 Å². The Kier molecular flexibility index (Phi) is 6.50. The molecule has 1 saturated heterocycles. The number of nitrogens with one attached hydrogen (secondary N) is 2. The zero-order valence-corrected chi connectivity index (χ0v) is 12.6. The first-order valence-electron chi connectivity index (χ1n) is 7.50. The number of carbonyl (C=O) groups is 1. The Morgan fingerprint density at radius 1 is 1.24 bits per heavy atom. The van der Waals surface area contributed by atoms with Crippen LogP contribution in [-0.2, 0) is 9.53 Å². The van der Waals surface area contributed by atoms with Crippen LogP contribution in [-0.4, -0.2) is 39.3 Å². The predicted molar refractivity (Wildman–Crippen MR) is 82.7 cm³/mol. The number of carbonyl (C=O) groups excluding carboxylic acids is 1. The Hall–Kier alpha value is -1.59. The Bertz CT molecular complexity index is 428. The van der Waals surface area contributed by atoms with Crippen LogP contribution >= 0.6 is 0 Å². The molecule has 2 N–H and O–H groups in total. The van der Waals surface area contributed by atoms with Crippen molar-refractivity contribution in [2.45, 2.75) is 19.3 Å². The molecule has 0 aromatic heterocycles. The summed E-state index contributed by atoms with van der Waals surface area (Å²) in [5, 5.41) is 6.25. The van der Waals surface area contributed by atoms with Crippen LogP contribution in [0.1, 0.15) is 19.3 Å². The number of hydrogen-bond donors (Lipinski definition) is 2. The highest BCUT2D eigenvalue weighted by Gasteiger charge is 2.16. The van der Waals surface area contributed by atoms with Crippen LogP contribution < -0.4 is 15.4 Å². The quantitative estimate of drug-likeness (QED) is 0.755. The van der Waals surface area contributed by atoms with E-state index in [4.69, 9.17) is 9.47 Å². The van der Waals surface area contributed by atoms with Crippen molar-refractivity contribution in [2.75, 3.05) is 38.7 Å². The van der Waals surface area contributed by atoms with Crippen LogP contribution in [0.4, 0.5) is 5.69 Å². The standard InChI is InChI=1S/C16H24N2O3/c1-20-10-11-21-15-4-2-14(3-5-15)18-16(19)12-13-6-8-17-9-7-13/h2-5,13,17H,6-12H2,1H3,(H,18,19). The van der Waals surface area contributed by atoms with E-state index in [0.717, 1.165) is 37.4 Å². The Labute approximate surface area is 126 Å². The zero-order valence-electron chi connectivity index (χ0n) is 12.6. The summed E-state index contributed by atoms with van der Waals surface area (Å²) in [7, 11) is 1.64. The van der Waals surface area contributed by atoms with Gasteiger partial charge in [0, 0.05) is 19.2 Å². The fraction of sp³-hybridized carbons (Fsp3) is 0.562. The maximum atomic E-state index is 12.0. The Morgan fingerprint density at radius 2 is 1.95 bits per heavy atom. The number of hydrogen-bond acceptors (Lipinski definition) is 4. The predicted octanol–water partition coefficient (Wildman–Crippen LogP) is 2.04. The van der Waals surface area contributed by atoms with E-state index in [2.05, 4.69) is 10.6 Å². The molecule has 116 valence electrons. The molecule has 0 atom stereocenters. The van der Waals surface area contributed by atoms with Gasteiger partial charge in [0.15, 0.2) is 0 Å². The SMILES string of the molecule is COCCOc1ccc(NC(=O)CC2CCNCC2)cc1. The van der Waals surface area contributed by atoms with Crippen molar-refractivity contribution >= 4 is 11.6 Å². The second kappa shape index (κ2) is 8.64. The smallest absolute Gasteiger partial charge is 0.224 e. The minimum absolute atomic E-state index is 0.0925. The van der Waals surface area contributed by atoms with Crippen molar-refractivity contribution in [3.63, 3.8) is 0 Å². The molecule has 21 heavy (non-hydrogen) atoms. The first-order valence-corrected chi connectivity index (χ1v) is 7.50. The van der Waals surface area contributed by atoms with Gasteiger partial charge in [0.2, 0.25) is 5.91 Å².